The number of halogens is 3. The van der Waals surface area contributed by atoms with E-state index in [1.807, 2.05) is 0 Å². The van der Waals surface area contributed by atoms with Gasteiger partial charge in [0, 0.05) is 0 Å². The molecule has 0 fully saturated rings. The number of nitrogens with two attached hydrogens (primary N) is 1. The molecule has 0 rings (SSSR count). The maximum atomic E-state index is 11.4. The molecule has 0 amide bonds. The van der Waals surface area contributed by atoms with E-state index in [1.54, 1.807) is 0 Å². The predicted octanol–water partition coefficient (Wildman–Crippen LogP) is -0.464. The third-order valence-corrected chi connectivity index (χ3v) is 0.639. The van der Waals surface area contributed by atoms with E-state index < -0.39 is 23.7 Å². The minimum Gasteiger partial charge on any atom is -0.365 e. The lowest BCUT2D eigenvalue weighted by molar-refractivity contribution is -0.822. The molecular formula is C3H6F3N4O2+. The number of hydrogen-bond acceptors (Lipinski definition) is 2. The standard InChI is InChI=1S/C3H6F3N4O2/c4-3(5,6)1-8-2(7)9-10(11)12/h1H2,(H,11,12)(H3,7,8,9)/q+1. The van der Waals surface area contributed by atoms with Crippen molar-refractivity contribution < 1.29 is 23.4 Å². The summed E-state index contributed by atoms with van der Waals surface area (Å²) < 4.78 is 34.2. The molecule has 6 nitrogen and oxygen atoms in total. The molecule has 0 bridgehead atoms. The Morgan fingerprint density at radius 2 is 2.17 bits per heavy atom. The number of nitrogens with one attached hydrogen (secondary N) is 1. The van der Waals surface area contributed by atoms with Crippen LogP contribution in [0.5, 0.6) is 0 Å². The van der Waals surface area contributed by atoms with Gasteiger partial charge < -0.3 is 5.73 Å². The van der Waals surface area contributed by atoms with Crippen LogP contribution in [0.4, 0.5) is 13.2 Å². The number of hydrazine groups is 1. The maximum absolute atomic E-state index is 11.4. The Balaban J connectivity index is 3.93. The van der Waals surface area contributed by atoms with E-state index >= 15 is 0 Å². The molecule has 4 N–H and O–H groups in total. The summed E-state index contributed by atoms with van der Waals surface area (Å²) in [5.74, 6) is -0.815. The minimum atomic E-state index is -4.49. The molecule has 12 heavy (non-hydrogen) atoms. The molecule has 0 saturated heterocycles. The Bertz CT molecular complexity index is 200. The van der Waals surface area contributed by atoms with Gasteiger partial charge in [-0.15, -0.1) is 0 Å². The highest BCUT2D eigenvalue weighted by Gasteiger charge is 2.26. The van der Waals surface area contributed by atoms with Gasteiger partial charge in [0.2, 0.25) is 0 Å². The molecule has 0 aromatic rings. The summed E-state index contributed by atoms with van der Waals surface area (Å²) in [6.45, 7) is -1.51. The maximum Gasteiger partial charge on any atom is 0.408 e. The fourth-order valence-corrected chi connectivity index (χ4v) is 0.308. The van der Waals surface area contributed by atoms with Crippen molar-refractivity contribution in [2.45, 2.75) is 6.18 Å². The van der Waals surface area contributed by atoms with Gasteiger partial charge in [-0.25, -0.2) is 10.2 Å². The second-order valence-electron chi connectivity index (χ2n) is 1.70. The fraction of sp³-hybridized carbons (Fsp3) is 0.667. The molecule has 0 spiro atoms. The zero-order valence-corrected chi connectivity index (χ0v) is 5.67. The zero-order chi connectivity index (χ0) is 9.78. The lowest BCUT2D eigenvalue weighted by Crippen LogP contribution is -2.38. The first kappa shape index (κ1) is 10.5. The van der Waals surface area contributed by atoms with Gasteiger partial charge in [-0.2, -0.15) is 13.2 Å². The van der Waals surface area contributed by atoms with E-state index in [0.717, 1.165) is 0 Å². The van der Waals surface area contributed by atoms with Crippen molar-refractivity contribution in [3.05, 3.63) is 4.91 Å². The van der Waals surface area contributed by atoms with Crippen LogP contribution in [-0.4, -0.2) is 28.9 Å². The molecule has 0 aliphatic heterocycles. The van der Waals surface area contributed by atoms with Crippen molar-refractivity contribution in [1.29, 1.82) is 0 Å². The number of alkyl halides is 3. The van der Waals surface area contributed by atoms with Gasteiger partial charge in [-0.3, -0.25) is 0 Å². The summed E-state index contributed by atoms with van der Waals surface area (Å²) in [6.07, 6.45) is -4.49. The number of guanidine groups is 1. The van der Waals surface area contributed by atoms with Crippen molar-refractivity contribution in [1.82, 2.24) is 5.43 Å². The minimum absolute atomic E-state index is 0.815. The third-order valence-electron chi connectivity index (χ3n) is 0.639. The summed E-state index contributed by atoms with van der Waals surface area (Å²) in [5, 5.41) is 7.02. The van der Waals surface area contributed by atoms with E-state index in [-0.39, 0.29) is 0 Å². The van der Waals surface area contributed by atoms with Crippen LogP contribution in [0.15, 0.2) is 4.99 Å². The van der Waals surface area contributed by atoms with Gasteiger partial charge in [0.25, 0.3) is 5.96 Å². The first-order valence-corrected chi connectivity index (χ1v) is 2.61. The normalized spacial score (nSPS) is 12.8. The molecule has 70 valence electrons. The van der Waals surface area contributed by atoms with Crippen molar-refractivity contribution in [3.8, 4) is 0 Å². The quantitative estimate of drug-likeness (QED) is 0.310. The van der Waals surface area contributed by atoms with Crippen molar-refractivity contribution in [2.24, 2.45) is 10.7 Å². The van der Waals surface area contributed by atoms with Crippen LogP contribution in [0, 0.1) is 4.91 Å². The SMILES string of the molecule is NC(=NCC(F)(F)F)N[N+](=O)O. The van der Waals surface area contributed by atoms with Gasteiger partial charge in [0.1, 0.15) is 11.5 Å². The van der Waals surface area contributed by atoms with E-state index in [2.05, 4.69) is 4.99 Å². The molecule has 0 aromatic heterocycles. The molecule has 0 aromatic carbocycles. The zero-order valence-electron chi connectivity index (χ0n) is 5.67. The van der Waals surface area contributed by atoms with E-state index in [0.29, 0.717) is 0 Å². The van der Waals surface area contributed by atoms with Crippen LogP contribution in [0.1, 0.15) is 0 Å². The number of hydrogen-bond donors (Lipinski definition) is 3. The number of nitrogens with zero attached hydrogens (tertiary/aromatic N) is 2. The smallest absolute Gasteiger partial charge is 0.365 e. The topological polar surface area (TPSA) is 90.7 Å². The summed E-state index contributed by atoms with van der Waals surface area (Å²) in [7, 11) is 0. The van der Waals surface area contributed by atoms with Crippen LogP contribution >= 0.6 is 0 Å². The summed E-state index contributed by atoms with van der Waals surface area (Å²) in [6, 6.07) is 0. The van der Waals surface area contributed by atoms with Crippen molar-refractivity contribution >= 4 is 5.96 Å². The molecule has 0 radical (unpaired) electrons. The molecule has 9 heteroatoms. The largest absolute Gasteiger partial charge is 0.408 e. The van der Waals surface area contributed by atoms with Crippen LogP contribution in [0.3, 0.4) is 0 Å². The van der Waals surface area contributed by atoms with Crippen molar-refractivity contribution in [2.75, 3.05) is 6.54 Å². The monoisotopic (exact) mass is 187 g/mol. The van der Waals surface area contributed by atoms with Crippen molar-refractivity contribution in [3.63, 3.8) is 0 Å². The highest BCUT2D eigenvalue weighted by Crippen LogP contribution is 2.13. The van der Waals surface area contributed by atoms with Crippen LogP contribution in [0.25, 0.3) is 0 Å². The molecule has 0 atom stereocenters. The first-order chi connectivity index (χ1) is 5.31. The molecule has 0 aliphatic carbocycles. The first-order valence-electron chi connectivity index (χ1n) is 2.61. The Morgan fingerprint density at radius 1 is 1.67 bits per heavy atom. The van der Waals surface area contributed by atoms with Crippen LogP contribution in [0.2, 0.25) is 0 Å². The van der Waals surface area contributed by atoms with Gasteiger partial charge in [0.05, 0.1) is 0 Å². The highest BCUT2D eigenvalue weighted by molar-refractivity contribution is 5.76. The van der Waals surface area contributed by atoms with E-state index in [9.17, 15) is 18.1 Å². The van der Waals surface area contributed by atoms with Gasteiger partial charge >= 0.3 is 11.2 Å². The molecule has 0 saturated carbocycles. The lowest BCUT2D eigenvalue weighted by atomic mass is 10.6. The van der Waals surface area contributed by atoms with E-state index in [4.69, 9.17) is 10.9 Å². The highest BCUT2D eigenvalue weighted by atomic mass is 19.4. The number of rotatable bonds is 2. The summed E-state index contributed by atoms with van der Waals surface area (Å²) >= 11 is 0. The van der Waals surface area contributed by atoms with Gasteiger partial charge in [-0.05, 0) is 5.43 Å². The second kappa shape index (κ2) is 3.74. The average molecular weight is 187 g/mol. The van der Waals surface area contributed by atoms with Crippen LogP contribution in [-0.2, 0) is 0 Å². The Hall–Kier alpha value is -1.54. The Labute approximate surface area is 64.4 Å². The second-order valence-corrected chi connectivity index (χ2v) is 1.70. The molecule has 0 unspecified atom stereocenters. The van der Waals surface area contributed by atoms with Crippen LogP contribution < -0.4 is 11.2 Å². The molecular weight excluding hydrogens is 181 g/mol. The molecule has 0 heterocycles. The molecule has 0 aliphatic rings. The third kappa shape index (κ3) is 6.58. The van der Waals surface area contributed by atoms with Gasteiger partial charge in [0.15, 0.2) is 0 Å². The average Bonchev–Trinajstić information content (AvgIpc) is 1.80. The predicted molar refractivity (Wildman–Crippen MR) is 31.1 cm³/mol. The number of aliphatic imine (C=N–C) groups is 1. The summed E-state index contributed by atoms with van der Waals surface area (Å²) in [5.41, 5.74) is 6.10. The lowest BCUT2D eigenvalue weighted by Gasteiger charge is -2.00. The van der Waals surface area contributed by atoms with Gasteiger partial charge in [-0.1, -0.05) is 0 Å². The summed E-state index contributed by atoms with van der Waals surface area (Å²) in [4.78, 5) is 12.4. The fourth-order valence-electron chi connectivity index (χ4n) is 0.308. The Kier molecular flexibility index (Phi) is 3.26. The van der Waals surface area contributed by atoms with E-state index in [1.165, 1.54) is 5.43 Å². The Morgan fingerprint density at radius 3 is 2.50 bits per heavy atom.